The molecule has 6 nitrogen and oxygen atoms in total. The molecule has 16 heavy (non-hydrogen) atoms. The Bertz CT molecular complexity index is 286. The molecule has 0 radical (unpaired) electrons. The molecule has 0 saturated heterocycles. The predicted octanol–water partition coefficient (Wildman–Crippen LogP) is -0.427. The molecule has 0 saturated carbocycles. The van der Waals surface area contributed by atoms with Gasteiger partial charge in [-0.2, -0.15) is 0 Å². The van der Waals surface area contributed by atoms with Gasteiger partial charge in [-0.15, -0.1) is 0 Å². The summed E-state index contributed by atoms with van der Waals surface area (Å²) in [7, 11) is 0. The van der Waals surface area contributed by atoms with Gasteiger partial charge in [-0.05, 0) is 0 Å². The van der Waals surface area contributed by atoms with E-state index in [1.54, 1.807) is 13.8 Å². The van der Waals surface area contributed by atoms with Crippen molar-refractivity contribution in [3.05, 3.63) is 0 Å². The summed E-state index contributed by atoms with van der Waals surface area (Å²) < 4.78 is -2.13. The van der Waals surface area contributed by atoms with Crippen LogP contribution >= 0.6 is 0 Å². The van der Waals surface area contributed by atoms with Gasteiger partial charge in [0.05, 0.1) is 0 Å². The van der Waals surface area contributed by atoms with Gasteiger partial charge in [0.1, 0.15) is 0 Å². The van der Waals surface area contributed by atoms with E-state index in [2.05, 4.69) is 5.32 Å². The van der Waals surface area contributed by atoms with Crippen LogP contribution in [0.3, 0.4) is 0 Å². The third-order valence-corrected chi connectivity index (χ3v) is 3.69. The van der Waals surface area contributed by atoms with E-state index >= 15 is 0 Å². The predicted molar refractivity (Wildman–Crippen MR) is 56.0 cm³/mol. The number of hydrogen-bond donors (Lipinski definition) is 3. The molecule has 0 spiro atoms. The van der Waals surface area contributed by atoms with E-state index in [1.165, 1.54) is 0 Å². The summed E-state index contributed by atoms with van der Waals surface area (Å²) in [6, 6.07) is 0. The first kappa shape index (κ1) is 15.4. The van der Waals surface area contributed by atoms with Crippen LogP contribution in [-0.2, 0) is 14.4 Å². The van der Waals surface area contributed by atoms with E-state index in [1.807, 2.05) is 0 Å². The van der Waals surface area contributed by atoms with Crippen LogP contribution in [0.25, 0.3) is 0 Å². The van der Waals surface area contributed by atoms with Crippen molar-refractivity contribution in [1.82, 2.24) is 5.32 Å². The Hall–Kier alpha value is -0.590. The number of aliphatic carboxylic acids is 2. The molecule has 0 bridgehead atoms. The number of rotatable bonds is 6. The molecule has 0 unspecified atom stereocenters. The fourth-order valence-electron chi connectivity index (χ4n) is 1.21. The number of carboxylic acid groups (broad SMARTS) is 2. The topological polar surface area (TPSA) is 104 Å². The third-order valence-electron chi connectivity index (χ3n) is 2.59. The van der Waals surface area contributed by atoms with Gasteiger partial charge in [0.2, 0.25) is 0 Å². The zero-order chi connectivity index (χ0) is 12.9. The molecule has 0 aromatic carbocycles. The van der Waals surface area contributed by atoms with E-state index in [-0.39, 0.29) is 33.8 Å². The second-order valence-corrected chi connectivity index (χ2v) is 5.24. The summed E-state index contributed by atoms with van der Waals surface area (Å²) in [6.07, 6.45) is 1.11. The Kier molecular flexibility index (Phi) is 5.99. The Morgan fingerprint density at radius 3 is 1.81 bits per heavy atom. The fraction of sp³-hybridized carbons (Fsp3) is 0.667. The van der Waals surface area contributed by atoms with E-state index in [0.717, 1.165) is 0 Å². The van der Waals surface area contributed by atoms with Crippen molar-refractivity contribution in [3.63, 3.8) is 0 Å². The molecule has 0 aliphatic rings. The molecule has 0 aromatic heterocycles. The Morgan fingerprint density at radius 1 is 1.19 bits per heavy atom. The molecule has 0 rings (SSSR count). The monoisotopic (exact) mass is 239 g/mol. The van der Waals surface area contributed by atoms with E-state index in [9.17, 15) is 14.4 Å². The van der Waals surface area contributed by atoms with Crippen molar-refractivity contribution in [1.29, 1.82) is 0 Å². The minimum absolute atomic E-state index is 0.195. The molecule has 0 aromatic rings. The first-order valence-corrected chi connectivity index (χ1v) is 6.08. The van der Waals surface area contributed by atoms with Gasteiger partial charge < -0.3 is 0 Å². The van der Waals surface area contributed by atoms with Crippen LogP contribution in [0, 0.1) is 5.92 Å². The molecule has 0 fully saturated rings. The zero-order valence-electron chi connectivity index (χ0n) is 9.61. The summed E-state index contributed by atoms with van der Waals surface area (Å²) in [6.45, 7) is 3.59. The molecule has 3 N–H and O–H groups in total. The zero-order valence-corrected chi connectivity index (χ0v) is 11.6. The summed E-state index contributed by atoms with van der Waals surface area (Å²) in [5.74, 6) is -3.89. The van der Waals surface area contributed by atoms with Gasteiger partial charge in [-0.3, -0.25) is 0 Å². The Morgan fingerprint density at radius 2 is 1.56 bits per heavy atom. The first-order chi connectivity index (χ1) is 7.29. The van der Waals surface area contributed by atoms with Gasteiger partial charge >= 0.3 is 111 Å². The van der Waals surface area contributed by atoms with Crippen LogP contribution in [0.1, 0.15) is 26.7 Å². The van der Waals surface area contributed by atoms with Crippen molar-refractivity contribution in [2.24, 2.45) is 5.92 Å². The molecule has 0 aliphatic carbocycles. The average molecular weight is 239 g/mol. The van der Waals surface area contributed by atoms with Crippen LogP contribution in [0.5, 0.6) is 0 Å². The second kappa shape index (κ2) is 6.22. The van der Waals surface area contributed by atoms with Crippen LogP contribution in [0.2, 0.25) is 0 Å². The minimum atomic E-state index is -2.13. The van der Waals surface area contributed by atoms with Crippen LogP contribution in [0.15, 0.2) is 0 Å². The summed E-state index contributed by atoms with van der Waals surface area (Å²) >= 11 is -0.195. The molecule has 0 heterocycles. The molecule has 7 heteroatoms. The number of hydrogen-bond acceptors (Lipinski definition) is 3. The first-order valence-electron chi connectivity index (χ1n) is 5.08. The molecular weight excluding hydrogens is 225 g/mol. The van der Waals surface area contributed by atoms with Crippen LogP contribution in [-0.4, -0.2) is 58.8 Å². The SMILES string of the molecule is CCC(CC)C(=O)N[C]([Na])(C(=O)O)C(=O)O. The molecular formula is C9H14NNaO5. The van der Waals surface area contributed by atoms with Crippen molar-refractivity contribution in [2.75, 3.05) is 0 Å². The molecule has 1 amide bonds. The van der Waals surface area contributed by atoms with Crippen molar-refractivity contribution in [2.45, 2.75) is 29.5 Å². The quantitative estimate of drug-likeness (QED) is 0.431. The average Bonchev–Trinajstić information content (AvgIpc) is 2.18. The van der Waals surface area contributed by atoms with Crippen LogP contribution in [0.4, 0.5) is 0 Å². The van der Waals surface area contributed by atoms with Gasteiger partial charge in [0.25, 0.3) is 0 Å². The number of amides is 1. The molecule has 86 valence electrons. The number of carbonyl (C=O) groups excluding carboxylic acids is 1. The van der Waals surface area contributed by atoms with Gasteiger partial charge in [0.15, 0.2) is 0 Å². The fourth-order valence-corrected chi connectivity index (χ4v) is 1.45. The maximum atomic E-state index is 11.6. The third kappa shape index (κ3) is 3.47. The Labute approximate surface area is 111 Å². The summed E-state index contributed by atoms with van der Waals surface area (Å²) in [5.41, 5.74) is 0. The van der Waals surface area contributed by atoms with Crippen molar-refractivity contribution in [3.8, 4) is 0 Å². The summed E-state index contributed by atoms with van der Waals surface area (Å²) in [4.78, 5) is 33.3. The molecule has 0 atom stereocenters. The normalized spacial score (nSPS) is 11.3. The van der Waals surface area contributed by atoms with Gasteiger partial charge in [-0.1, -0.05) is 0 Å². The number of carboxylic acids is 2. The maximum absolute atomic E-state index is 11.6. The van der Waals surface area contributed by atoms with Crippen molar-refractivity contribution >= 4 is 45.8 Å². The summed E-state index contributed by atoms with van der Waals surface area (Å²) in [5, 5.41) is 19.8. The van der Waals surface area contributed by atoms with Gasteiger partial charge in [0, 0.05) is 0 Å². The second-order valence-electron chi connectivity index (χ2n) is 3.74. The van der Waals surface area contributed by atoms with E-state index < -0.39 is 20.6 Å². The van der Waals surface area contributed by atoms with E-state index in [0.29, 0.717) is 12.8 Å². The number of nitrogens with one attached hydrogen (secondary N) is 1. The number of carbonyl (C=O) groups is 3. The van der Waals surface area contributed by atoms with Gasteiger partial charge in [-0.25, -0.2) is 0 Å². The van der Waals surface area contributed by atoms with E-state index in [4.69, 9.17) is 10.2 Å². The standard InChI is InChI=1S/C9H14NO5.Na/c1-3-5(4-2)7(11)10-6(8(12)13)9(14)15;/h5H,3-4H2,1-2H3,(H,10,11)(H,12,13)(H,14,15);. The van der Waals surface area contributed by atoms with Crippen molar-refractivity contribution < 1.29 is 24.6 Å². The van der Waals surface area contributed by atoms with Crippen LogP contribution < -0.4 is 5.32 Å². The Balaban J connectivity index is 4.85. The molecule has 0 aliphatic heterocycles.